The largest absolute Gasteiger partial charge is 0.322 e. The zero-order chi connectivity index (χ0) is 15.4. The Morgan fingerprint density at radius 3 is 2.33 bits per heavy atom. The van der Waals surface area contributed by atoms with Crippen LogP contribution in [0.3, 0.4) is 0 Å². The van der Waals surface area contributed by atoms with Crippen molar-refractivity contribution in [3.05, 3.63) is 68.1 Å². The zero-order valence-electron chi connectivity index (χ0n) is 10.5. The van der Waals surface area contributed by atoms with Gasteiger partial charge in [0.25, 0.3) is 0 Å². The van der Waals surface area contributed by atoms with Crippen LogP contribution >= 0.6 is 46.4 Å². The van der Waals surface area contributed by atoms with Crippen molar-refractivity contribution in [3.8, 4) is 0 Å². The SMILES string of the molecule is O=C(/C=C/c1ccc(Cl)cc1Cl)Nc1ccc(Cl)c(Cl)c1. The molecule has 0 aliphatic rings. The summed E-state index contributed by atoms with van der Waals surface area (Å²) in [5.74, 6) is -0.306. The van der Waals surface area contributed by atoms with Crippen LogP contribution in [-0.4, -0.2) is 5.91 Å². The first kappa shape index (κ1) is 16.2. The van der Waals surface area contributed by atoms with Gasteiger partial charge in [-0.3, -0.25) is 4.79 Å². The highest BCUT2D eigenvalue weighted by Gasteiger charge is 2.03. The van der Waals surface area contributed by atoms with Crippen LogP contribution in [0.15, 0.2) is 42.5 Å². The highest BCUT2D eigenvalue weighted by atomic mass is 35.5. The monoisotopic (exact) mass is 359 g/mol. The number of rotatable bonds is 3. The number of carbonyl (C=O) groups is 1. The number of hydrogen-bond acceptors (Lipinski definition) is 1. The molecule has 21 heavy (non-hydrogen) atoms. The predicted molar refractivity (Wildman–Crippen MR) is 90.6 cm³/mol. The van der Waals surface area contributed by atoms with E-state index in [1.54, 1.807) is 42.5 Å². The maximum absolute atomic E-state index is 11.8. The Kier molecular flexibility index (Phi) is 5.54. The van der Waals surface area contributed by atoms with Crippen molar-refractivity contribution >= 4 is 64.1 Å². The van der Waals surface area contributed by atoms with Crippen molar-refractivity contribution in [2.45, 2.75) is 0 Å². The van der Waals surface area contributed by atoms with Crippen molar-refractivity contribution in [1.82, 2.24) is 0 Å². The lowest BCUT2D eigenvalue weighted by atomic mass is 10.2. The van der Waals surface area contributed by atoms with Gasteiger partial charge in [-0.25, -0.2) is 0 Å². The molecule has 0 bridgehead atoms. The molecular weight excluding hydrogens is 352 g/mol. The topological polar surface area (TPSA) is 29.1 Å². The number of hydrogen-bond donors (Lipinski definition) is 1. The van der Waals surface area contributed by atoms with Gasteiger partial charge in [0.1, 0.15) is 0 Å². The van der Waals surface area contributed by atoms with Gasteiger partial charge in [-0.05, 0) is 42.0 Å². The molecule has 1 amide bonds. The number of anilines is 1. The zero-order valence-corrected chi connectivity index (χ0v) is 13.6. The standard InChI is InChI=1S/C15H9Cl4NO/c16-10-3-1-9(13(18)7-10)2-6-15(21)20-11-4-5-12(17)14(19)8-11/h1-8H,(H,20,21)/b6-2+. The summed E-state index contributed by atoms with van der Waals surface area (Å²) in [7, 11) is 0. The molecule has 0 saturated heterocycles. The molecule has 6 heteroatoms. The number of halogens is 4. The van der Waals surface area contributed by atoms with E-state index in [0.717, 1.165) is 0 Å². The molecule has 0 heterocycles. The van der Waals surface area contributed by atoms with Gasteiger partial charge in [-0.2, -0.15) is 0 Å². The Morgan fingerprint density at radius 1 is 0.905 bits per heavy atom. The second-order valence-corrected chi connectivity index (χ2v) is 5.78. The van der Waals surface area contributed by atoms with Crippen molar-refractivity contribution < 1.29 is 4.79 Å². The third-order valence-corrected chi connectivity index (χ3v) is 3.87. The van der Waals surface area contributed by atoms with E-state index in [0.29, 0.717) is 31.3 Å². The first-order valence-corrected chi connectivity index (χ1v) is 7.36. The molecule has 0 atom stereocenters. The lowest BCUT2D eigenvalue weighted by Gasteiger charge is -2.04. The minimum atomic E-state index is -0.306. The van der Waals surface area contributed by atoms with Crippen molar-refractivity contribution in [3.63, 3.8) is 0 Å². The molecule has 0 aromatic heterocycles. The van der Waals surface area contributed by atoms with Gasteiger partial charge in [-0.15, -0.1) is 0 Å². The second-order valence-electron chi connectivity index (χ2n) is 4.12. The van der Waals surface area contributed by atoms with Gasteiger partial charge in [0.05, 0.1) is 10.0 Å². The molecule has 1 N–H and O–H groups in total. The van der Waals surface area contributed by atoms with Gasteiger partial charge in [0.15, 0.2) is 0 Å². The quantitative estimate of drug-likeness (QED) is 0.673. The van der Waals surface area contributed by atoms with Crippen LogP contribution in [-0.2, 0) is 4.79 Å². The predicted octanol–water partition coefficient (Wildman–Crippen LogP) is 5.95. The summed E-state index contributed by atoms with van der Waals surface area (Å²) >= 11 is 23.5. The molecular formula is C15H9Cl4NO. The maximum Gasteiger partial charge on any atom is 0.248 e. The summed E-state index contributed by atoms with van der Waals surface area (Å²) in [6.45, 7) is 0. The van der Waals surface area contributed by atoms with Gasteiger partial charge in [0, 0.05) is 21.8 Å². The van der Waals surface area contributed by atoms with E-state index in [9.17, 15) is 4.79 Å². The first-order valence-electron chi connectivity index (χ1n) is 5.85. The molecule has 0 saturated carbocycles. The maximum atomic E-state index is 11.8. The van der Waals surface area contributed by atoms with Crippen LogP contribution in [0.4, 0.5) is 5.69 Å². The molecule has 0 radical (unpaired) electrons. The van der Waals surface area contributed by atoms with Crippen molar-refractivity contribution in [1.29, 1.82) is 0 Å². The van der Waals surface area contributed by atoms with Crippen LogP contribution < -0.4 is 5.32 Å². The molecule has 0 spiro atoms. The summed E-state index contributed by atoms with van der Waals surface area (Å²) in [6.07, 6.45) is 2.98. The molecule has 0 fully saturated rings. The van der Waals surface area contributed by atoms with E-state index in [1.807, 2.05) is 0 Å². The minimum absolute atomic E-state index is 0.306. The van der Waals surface area contributed by atoms with Crippen LogP contribution in [0.2, 0.25) is 20.1 Å². The minimum Gasteiger partial charge on any atom is -0.322 e. The fourth-order valence-electron chi connectivity index (χ4n) is 1.56. The van der Waals surface area contributed by atoms with Gasteiger partial charge in [0.2, 0.25) is 5.91 Å². The van der Waals surface area contributed by atoms with Crippen LogP contribution in [0.1, 0.15) is 5.56 Å². The number of nitrogens with one attached hydrogen (secondary N) is 1. The average Bonchev–Trinajstić information content (AvgIpc) is 2.42. The highest BCUT2D eigenvalue weighted by molar-refractivity contribution is 6.42. The van der Waals surface area contributed by atoms with E-state index in [4.69, 9.17) is 46.4 Å². The van der Waals surface area contributed by atoms with E-state index in [1.165, 1.54) is 6.08 Å². The summed E-state index contributed by atoms with van der Waals surface area (Å²) in [5.41, 5.74) is 1.26. The molecule has 0 aliphatic heterocycles. The van der Waals surface area contributed by atoms with Crippen LogP contribution in [0.5, 0.6) is 0 Å². The number of amides is 1. The Morgan fingerprint density at radius 2 is 1.67 bits per heavy atom. The molecule has 2 nitrogen and oxygen atoms in total. The van der Waals surface area contributed by atoms with Gasteiger partial charge >= 0.3 is 0 Å². The fraction of sp³-hybridized carbons (Fsp3) is 0. The molecule has 2 rings (SSSR count). The molecule has 2 aromatic carbocycles. The smallest absolute Gasteiger partial charge is 0.248 e. The lowest BCUT2D eigenvalue weighted by Crippen LogP contribution is -2.07. The van der Waals surface area contributed by atoms with Crippen LogP contribution in [0.25, 0.3) is 6.08 Å². The van der Waals surface area contributed by atoms with E-state index >= 15 is 0 Å². The van der Waals surface area contributed by atoms with E-state index in [-0.39, 0.29) is 5.91 Å². The van der Waals surface area contributed by atoms with Crippen LogP contribution in [0, 0.1) is 0 Å². The fourth-order valence-corrected chi connectivity index (χ4v) is 2.33. The Hall–Kier alpha value is -1.19. The molecule has 108 valence electrons. The summed E-state index contributed by atoms with van der Waals surface area (Å²) in [6, 6.07) is 9.89. The molecule has 2 aromatic rings. The van der Waals surface area contributed by atoms with Gasteiger partial charge in [-0.1, -0.05) is 52.5 Å². The number of benzene rings is 2. The summed E-state index contributed by atoms with van der Waals surface area (Å²) < 4.78 is 0. The molecule has 0 aliphatic carbocycles. The Bertz CT molecular complexity index is 713. The van der Waals surface area contributed by atoms with Gasteiger partial charge < -0.3 is 5.32 Å². The Balaban J connectivity index is 2.07. The molecule has 0 unspecified atom stereocenters. The van der Waals surface area contributed by atoms with Crippen molar-refractivity contribution in [2.24, 2.45) is 0 Å². The summed E-state index contributed by atoms with van der Waals surface area (Å²) in [5, 5.41) is 4.49. The highest BCUT2D eigenvalue weighted by Crippen LogP contribution is 2.25. The second kappa shape index (κ2) is 7.19. The lowest BCUT2D eigenvalue weighted by molar-refractivity contribution is -0.111. The average molecular weight is 361 g/mol. The number of carbonyl (C=O) groups excluding carboxylic acids is 1. The first-order chi connectivity index (χ1) is 9.95. The van der Waals surface area contributed by atoms with E-state index in [2.05, 4.69) is 5.32 Å². The third kappa shape index (κ3) is 4.65. The third-order valence-electron chi connectivity index (χ3n) is 2.56. The van der Waals surface area contributed by atoms with Crippen molar-refractivity contribution in [2.75, 3.05) is 5.32 Å². The summed E-state index contributed by atoms with van der Waals surface area (Å²) in [4.78, 5) is 11.8. The van der Waals surface area contributed by atoms with E-state index < -0.39 is 0 Å². The Labute approximate surface area is 142 Å². The normalized spacial score (nSPS) is 10.9.